The van der Waals surface area contributed by atoms with Crippen LogP contribution in [0.5, 0.6) is 0 Å². The largest absolute Gasteiger partial charge is 0.372 e. The lowest BCUT2D eigenvalue weighted by molar-refractivity contribution is -0.104. The van der Waals surface area contributed by atoms with Crippen molar-refractivity contribution in [3.63, 3.8) is 0 Å². The number of rotatable bonds is 7. The van der Waals surface area contributed by atoms with E-state index in [4.69, 9.17) is 0 Å². The fraction of sp³-hybridized carbons (Fsp3) is 0.562. The summed E-state index contributed by atoms with van der Waals surface area (Å²) in [7, 11) is 1.82. The van der Waals surface area contributed by atoms with Crippen LogP contribution in [0, 0.1) is 0 Å². The molecular formula is C16H23N5OS. The van der Waals surface area contributed by atoms with Crippen LogP contribution in [0.15, 0.2) is 12.3 Å². The number of hydrogen-bond donors (Lipinski definition) is 2. The van der Waals surface area contributed by atoms with E-state index in [1.807, 2.05) is 19.0 Å². The molecule has 1 aliphatic carbocycles. The summed E-state index contributed by atoms with van der Waals surface area (Å²) >= 11 is 2.04. The highest BCUT2D eigenvalue weighted by atomic mass is 32.2. The maximum absolute atomic E-state index is 10.4. The van der Waals surface area contributed by atoms with Crippen molar-refractivity contribution in [3.05, 3.63) is 17.8 Å². The molecule has 2 N–H and O–H groups in total. The molecule has 6 nitrogen and oxygen atoms in total. The molecule has 0 amide bonds. The minimum absolute atomic E-state index is 0.423. The van der Waals surface area contributed by atoms with Crippen LogP contribution in [0.4, 0.5) is 11.8 Å². The molecule has 1 saturated carbocycles. The minimum atomic E-state index is 0.423. The molecule has 23 heavy (non-hydrogen) atoms. The molecule has 124 valence electrons. The van der Waals surface area contributed by atoms with Crippen LogP contribution >= 0.6 is 11.9 Å². The zero-order valence-corrected chi connectivity index (χ0v) is 14.2. The molecule has 2 aliphatic rings. The standard InChI is InChI=1S/C16H23N5OS/c1-17-15-12(3-2-10-22)11-18-16(20-15)19-13-6-8-21(9-7-13)23-14-4-5-14/h2-3,10-11,13-14H,4-9H2,1H3,(H2,17,18,19,20)/b3-2-. The van der Waals surface area contributed by atoms with Gasteiger partial charge in [0.15, 0.2) is 0 Å². The van der Waals surface area contributed by atoms with Gasteiger partial charge in [0.1, 0.15) is 12.1 Å². The van der Waals surface area contributed by atoms with Gasteiger partial charge < -0.3 is 10.6 Å². The summed E-state index contributed by atoms with van der Waals surface area (Å²) in [5.41, 5.74) is 0.806. The van der Waals surface area contributed by atoms with Crippen molar-refractivity contribution < 1.29 is 4.79 Å². The fourth-order valence-corrected chi connectivity index (χ4v) is 3.79. The molecule has 0 unspecified atom stereocenters. The van der Waals surface area contributed by atoms with Crippen molar-refractivity contribution in [2.24, 2.45) is 0 Å². The minimum Gasteiger partial charge on any atom is -0.372 e. The topological polar surface area (TPSA) is 70.2 Å². The van der Waals surface area contributed by atoms with Crippen LogP contribution in [-0.4, -0.2) is 52.0 Å². The van der Waals surface area contributed by atoms with Crippen molar-refractivity contribution >= 4 is 36.1 Å². The average molecular weight is 333 g/mol. The maximum atomic E-state index is 10.4. The second-order valence-electron chi connectivity index (χ2n) is 5.90. The van der Waals surface area contributed by atoms with E-state index in [2.05, 4.69) is 24.9 Å². The zero-order chi connectivity index (χ0) is 16.1. The predicted octanol–water partition coefficient (Wildman–Crippen LogP) is 2.42. The van der Waals surface area contributed by atoms with E-state index in [0.717, 1.165) is 48.8 Å². The van der Waals surface area contributed by atoms with Gasteiger partial charge in [-0.25, -0.2) is 4.98 Å². The third-order valence-electron chi connectivity index (χ3n) is 4.02. The number of anilines is 2. The number of nitrogens with zero attached hydrogens (tertiary/aromatic N) is 3. The van der Waals surface area contributed by atoms with Crippen LogP contribution in [0.25, 0.3) is 6.08 Å². The highest BCUT2D eigenvalue weighted by molar-refractivity contribution is 7.97. The Balaban J connectivity index is 1.55. The first-order valence-corrected chi connectivity index (χ1v) is 8.97. The number of hydrogen-bond acceptors (Lipinski definition) is 7. The Hall–Kier alpha value is -1.60. The number of allylic oxidation sites excluding steroid dienone is 1. The number of carbonyl (C=O) groups is 1. The summed E-state index contributed by atoms with van der Waals surface area (Å²) in [6.45, 7) is 2.25. The van der Waals surface area contributed by atoms with Gasteiger partial charge in [-0.2, -0.15) is 4.98 Å². The van der Waals surface area contributed by atoms with Gasteiger partial charge in [-0.3, -0.25) is 9.10 Å². The van der Waals surface area contributed by atoms with Gasteiger partial charge in [0.2, 0.25) is 5.95 Å². The number of nitrogens with one attached hydrogen (secondary N) is 2. The first kappa shape index (κ1) is 16.3. The highest BCUT2D eigenvalue weighted by Crippen LogP contribution is 2.37. The number of aldehydes is 1. The smallest absolute Gasteiger partial charge is 0.224 e. The molecule has 1 aliphatic heterocycles. The van der Waals surface area contributed by atoms with E-state index in [-0.39, 0.29) is 0 Å². The van der Waals surface area contributed by atoms with Crippen LogP contribution in [0.2, 0.25) is 0 Å². The SMILES string of the molecule is CNc1nc(NC2CCN(SC3CC3)CC2)ncc1/C=C\C=O. The van der Waals surface area contributed by atoms with Crippen molar-refractivity contribution in [2.75, 3.05) is 30.8 Å². The van der Waals surface area contributed by atoms with E-state index in [9.17, 15) is 4.79 Å². The van der Waals surface area contributed by atoms with E-state index in [1.165, 1.54) is 18.9 Å². The highest BCUT2D eigenvalue weighted by Gasteiger charge is 2.28. The second-order valence-corrected chi connectivity index (χ2v) is 7.29. The molecular weight excluding hydrogens is 310 g/mol. The molecule has 0 radical (unpaired) electrons. The number of piperidine rings is 1. The molecule has 2 heterocycles. The average Bonchev–Trinajstić information content (AvgIpc) is 3.39. The third-order valence-corrected chi connectivity index (χ3v) is 5.45. The van der Waals surface area contributed by atoms with Crippen LogP contribution in [-0.2, 0) is 4.79 Å². The lowest BCUT2D eigenvalue weighted by atomic mass is 10.1. The van der Waals surface area contributed by atoms with Crippen molar-refractivity contribution in [2.45, 2.75) is 37.0 Å². The van der Waals surface area contributed by atoms with Crippen molar-refractivity contribution in [1.82, 2.24) is 14.3 Å². The normalized spacial score (nSPS) is 19.9. The molecule has 0 aromatic carbocycles. The van der Waals surface area contributed by atoms with Gasteiger partial charge in [-0.15, -0.1) is 0 Å². The zero-order valence-electron chi connectivity index (χ0n) is 13.4. The quantitative estimate of drug-likeness (QED) is 0.451. The molecule has 7 heteroatoms. The van der Waals surface area contributed by atoms with E-state index < -0.39 is 0 Å². The van der Waals surface area contributed by atoms with Gasteiger partial charge in [-0.05, 0) is 37.8 Å². The molecule has 3 rings (SSSR count). The first-order valence-electron chi connectivity index (χ1n) is 8.13. The summed E-state index contributed by atoms with van der Waals surface area (Å²) in [4.78, 5) is 19.3. The second kappa shape index (κ2) is 7.79. The molecule has 0 bridgehead atoms. The molecule has 1 aromatic heterocycles. The Morgan fingerprint density at radius 3 is 2.74 bits per heavy atom. The number of carbonyl (C=O) groups excluding carboxylic acids is 1. The molecule has 1 aromatic rings. The van der Waals surface area contributed by atoms with Gasteiger partial charge >= 0.3 is 0 Å². The summed E-state index contributed by atoms with van der Waals surface area (Å²) < 4.78 is 2.50. The maximum Gasteiger partial charge on any atom is 0.224 e. The monoisotopic (exact) mass is 333 g/mol. The Morgan fingerprint density at radius 2 is 2.09 bits per heavy atom. The van der Waals surface area contributed by atoms with E-state index >= 15 is 0 Å². The molecule has 1 saturated heterocycles. The molecule has 2 fully saturated rings. The molecule has 0 spiro atoms. The Bertz CT molecular complexity index is 568. The fourth-order valence-electron chi connectivity index (χ4n) is 2.60. The summed E-state index contributed by atoms with van der Waals surface area (Å²) in [6.07, 6.45) is 10.6. The third kappa shape index (κ3) is 4.68. The van der Waals surface area contributed by atoms with E-state index in [0.29, 0.717) is 12.0 Å². The van der Waals surface area contributed by atoms with Crippen LogP contribution < -0.4 is 10.6 Å². The summed E-state index contributed by atoms with van der Waals surface area (Å²) in [5.74, 6) is 1.37. The van der Waals surface area contributed by atoms with Crippen LogP contribution in [0.3, 0.4) is 0 Å². The molecule has 0 atom stereocenters. The lowest BCUT2D eigenvalue weighted by Crippen LogP contribution is -2.36. The first-order chi connectivity index (χ1) is 11.3. The summed E-state index contributed by atoms with van der Waals surface area (Å²) in [5, 5.41) is 7.37. The summed E-state index contributed by atoms with van der Waals surface area (Å²) in [6, 6.07) is 0.423. The van der Waals surface area contributed by atoms with Crippen LogP contribution in [0.1, 0.15) is 31.2 Å². The van der Waals surface area contributed by atoms with Gasteiger partial charge in [0, 0.05) is 43.2 Å². The van der Waals surface area contributed by atoms with Crippen molar-refractivity contribution in [3.8, 4) is 0 Å². The van der Waals surface area contributed by atoms with Gasteiger partial charge in [-0.1, -0.05) is 11.9 Å². The number of aromatic nitrogens is 2. The van der Waals surface area contributed by atoms with Gasteiger partial charge in [0.25, 0.3) is 0 Å². The van der Waals surface area contributed by atoms with Crippen molar-refractivity contribution in [1.29, 1.82) is 0 Å². The lowest BCUT2D eigenvalue weighted by Gasteiger charge is -2.31. The predicted molar refractivity (Wildman–Crippen MR) is 95.5 cm³/mol. The Labute approximate surface area is 141 Å². The van der Waals surface area contributed by atoms with Gasteiger partial charge in [0.05, 0.1) is 0 Å². The van der Waals surface area contributed by atoms with E-state index in [1.54, 1.807) is 12.3 Å². The Morgan fingerprint density at radius 1 is 1.30 bits per heavy atom. The Kier molecular flexibility index (Phi) is 5.51.